The van der Waals surface area contributed by atoms with E-state index in [1.807, 2.05) is 20.8 Å². The number of nitrogens with zero attached hydrogens (tertiary/aromatic N) is 1. The van der Waals surface area contributed by atoms with Crippen molar-refractivity contribution in [3.8, 4) is 0 Å². The van der Waals surface area contributed by atoms with Crippen molar-refractivity contribution in [3.63, 3.8) is 0 Å². The largest absolute Gasteiger partial charge is 0.340 e. The zero-order valence-electron chi connectivity index (χ0n) is 12.4. The molecule has 1 N–H and O–H groups in total. The van der Waals surface area contributed by atoms with Crippen LogP contribution in [0.15, 0.2) is 0 Å². The Hall–Kier alpha value is -0.910. The maximum absolute atomic E-state index is 12.7. The number of piperazine rings is 1. The molecule has 1 fully saturated rings. The Morgan fingerprint density at radius 2 is 1.89 bits per heavy atom. The summed E-state index contributed by atoms with van der Waals surface area (Å²) in [6.07, 6.45) is 2.75. The van der Waals surface area contributed by atoms with E-state index in [2.05, 4.69) is 5.32 Å². The Morgan fingerprint density at radius 3 is 2.32 bits per heavy atom. The number of nitrogens with one attached hydrogen (secondary N) is 1. The van der Waals surface area contributed by atoms with Crippen LogP contribution >= 0.6 is 0 Å². The Kier molecular flexibility index (Phi) is 5.12. The first kappa shape index (κ1) is 16.1. The number of rotatable bonds is 5. The van der Waals surface area contributed by atoms with Crippen LogP contribution in [0.1, 0.15) is 40.5 Å². The summed E-state index contributed by atoms with van der Waals surface area (Å²) in [4.78, 5) is 26.4. The van der Waals surface area contributed by atoms with E-state index >= 15 is 0 Å². The van der Waals surface area contributed by atoms with Gasteiger partial charge in [0.1, 0.15) is 11.6 Å². The summed E-state index contributed by atoms with van der Waals surface area (Å²) in [5.41, 5.74) is -0.799. The molecule has 110 valence electrons. The molecule has 1 aliphatic rings. The Bertz CT molecular complexity index is 393. The molecule has 1 aliphatic heterocycles. The van der Waals surface area contributed by atoms with E-state index in [4.69, 9.17) is 0 Å². The second-order valence-corrected chi connectivity index (χ2v) is 6.74. The molecule has 0 radical (unpaired) electrons. The van der Waals surface area contributed by atoms with Gasteiger partial charge in [-0.25, -0.2) is 0 Å². The minimum Gasteiger partial charge on any atom is -0.340 e. The summed E-state index contributed by atoms with van der Waals surface area (Å²) in [5, 5.41) is 2.86. The van der Waals surface area contributed by atoms with Crippen molar-refractivity contribution in [3.05, 3.63) is 0 Å². The average molecular weight is 288 g/mol. The molecule has 6 heteroatoms. The van der Waals surface area contributed by atoms with E-state index in [1.54, 1.807) is 18.1 Å². The van der Waals surface area contributed by atoms with Crippen molar-refractivity contribution in [2.45, 2.75) is 58.2 Å². The maximum atomic E-state index is 12.7. The fourth-order valence-electron chi connectivity index (χ4n) is 2.67. The molecule has 3 atom stereocenters. The summed E-state index contributed by atoms with van der Waals surface area (Å²) in [7, 11) is -0.993. The van der Waals surface area contributed by atoms with Gasteiger partial charge in [0.2, 0.25) is 11.8 Å². The highest BCUT2D eigenvalue weighted by Gasteiger charge is 2.48. The fourth-order valence-corrected chi connectivity index (χ4v) is 3.51. The molecule has 1 rings (SSSR count). The van der Waals surface area contributed by atoms with Gasteiger partial charge in [0.05, 0.1) is 0 Å². The maximum Gasteiger partial charge on any atom is 0.249 e. The molecule has 0 aromatic heterocycles. The molecular formula is C13H24N2O3S. The van der Waals surface area contributed by atoms with Crippen LogP contribution in [-0.2, 0) is 20.4 Å². The number of amides is 2. The summed E-state index contributed by atoms with van der Waals surface area (Å²) in [5.74, 6) is 0.215. The highest BCUT2D eigenvalue weighted by Crippen LogP contribution is 2.26. The predicted molar refractivity (Wildman–Crippen MR) is 76.2 cm³/mol. The fraction of sp³-hybridized carbons (Fsp3) is 0.846. The van der Waals surface area contributed by atoms with Crippen molar-refractivity contribution in [2.75, 3.05) is 12.0 Å². The Labute approximate surface area is 117 Å². The minimum absolute atomic E-state index is 0.0532. The van der Waals surface area contributed by atoms with Crippen LogP contribution in [0.25, 0.3) is 0 Å². The van der Waals surface area contributed by atoms with Crippen molar-refractivity contribution in [2.24, 2.45) is 0 Å². The van der Waals surface area contributed by atoms with Crippen LogP contribution < -0.4 is 5.32 Å². The van der Waals surface area contributed by atoms with Crippen LogP contribution in [0.2, 0.25) is 0 Å². The van der Waals surface area contributed by atoms with Crippen LogP contribution in [0.3, 0.4) is 0 Å². The van der Waals surface area contributed by atoms with Crippen molar-refractivity contribution in [1.82, 2.24) is 10.2 Å². The van der Waals surface area contributed by atoms with E-state index in [0.29, 0.717) is 18.6 Å². The molecule has 0 aromatic rings. The van der Waals surface area contributed by atoms with Gasteiger partial charge in [-0.2, -0.15) is 0 Å². The summed E-state index contributed by atoms with van der Waals surface area (Å²) < 4.78 is 11.4. The lowest BCUT2D eigenvalue weighted by Crippen LogP contribution is -2.71. The average Bonchev–Trinajstić information content (AvgIpc) is 2.33. The molecule has 0 bridgehead atoms. The number of hydrogen-bond donors (Lipinski definition) is 1. The monoisotopic (exact) mass is 288 g/mol. The molecule has 1 saturated heterocycles. The van der Waals surface area contributed by atoms with Crippen LogP contribution in [0, 0.1) is 0 Å². The molecule has 0 aromatic carbocycles. The third-order valence-corrected chi connectivity index (χ3v) is 4.91. The lowest BCUT2D eigenvalue weighted by Gasteiger charge is -2.46. The molecule has 0 spiro atoms. The Morgan fingerprint density at radius 1 is 1.37 bits per heavy atom. The lowest BCUT2D eigenvalue weighted by molar-refractivity contribution is -0.156. The van der Waals surface area contributed by atoms with E-state index in [-0.39, 0.29) is 17.9 Å². The molecular weight excluding hydrogens is 264 g/mol. The van der Waals surface area contributed by atoms with E-state index in [0.717, 1.165) is 0 Å². The van der Waals surface area contributed by atoms with Crippen molar-refractivity contribution >= 4 is 22.6 Å². The van der Waals surface area contributed by atoms with Gasteiger partial charge < -0.3 is 10.2 Å². The first-order valence-electron chi connectivity index (χ1n) is 6.73. The van der Waals surface area contributed by atoms with Gasteiger partial charge in [0, 0.05) is 28.9 Å². The van der Waals surface area contributed by atoms with Gasteiger partial charge in [0.25, 0.3) is 0 Å². The SMILES string of the molecule is CCC1(CC)NC(=O)C(C)N(C(C)CS(C)=O)C1=O. The summed E-state index contributed by atoms with van der Waals surface area (Å²) >= 11 is 0. The predicted octanol–water partition coefficient (Wildman–Crippen LogP) is 0.659. The highest BCUT2D eigenvalue weighted by atomic mass is 32.2. The summed E-state index contributed by atoms with van der Waals surface area (Å²) in [6, 6.07) is -0.700. The zero-order valence-corrected chi connectivity index (χ0v) is 13.2. The lowest BCUT2D eigenvalue weighted by atomic mass is 9.86. The van der Waals surface area contributed by atoms with Gasteiger partial charge in [-0.3, -0.25) is 13.8 Å². The molecule has 5 nitrogen and oxygen atoms in total. The smallest absolute Gasteiger partial charge is 0.249 e. The first-order valence-corrected chi connectivity index (χ1v) is 8.46. The van der Waals surface area contributed by atoms with E-state index in [1.165, 1.54) is 0 Å². The topological polar surface area (TPSA) is 66.5 Å². The second-order valence-electron chi connectivity index (χ2n) is 5.26. The molecule has 0 aliphatic carbocycles. The molecule has 19 heavy (non-hydrogen) atoms. The van der Waals surface area contributed by atoms with Crippen molar-refractivity contribution in [1.29, 1.82) is 0 Å². The van der Waals surface area contributed by atoms with Gasteiger partial charge >= 0.3 is 0 Å². The van der Waals surface area contributed by atoms with Gasteiger partial charge in [0.15, 0.2) is 0 Å². The number of carbonyl (C=O) groups excluding carboxylic acids is 2. The quantitative estimate of drug-likeness (QED) is 0.808. The van der Waals surface area contributed by atoms with Gasteiger partial charge in [-0.15, -0.1) is 0 Å². The van der Waals surface area contributed by atoms with E-state index < -0.39 is 22.4 Å². The third kappa shape index (κ3) is 2.99. The minimum atomic E-state index is -0.993. The molecule has 1 heterocycles. The molecule has 3 unspecified atom stereocenters. The number of hydrogen-bond acceptors (Lipinski definition) is 3. The van der Waals surface area contributed by atoms with Crippen molar-refractivity contribution < 1.29 is 13.8 Å². The van der Waals surface area contributed by atoms with Crippen LogP contribution in [-0.4, -0.2) is 50.6 Å². The Balaban J connectivity index is 3.09. The third-order valence-electron chi connectivity index (χ3n) is 3.96. The van der Waals surface area contributed by atoms with Crippen LogP contribution in [0.5, 0.6) is 0 Å². The normalized spacial score (nSPS) is 25.9. The van der Waals surface area contributed by atoms with Gasteiger partial charge in [-0.1, -0.05) is 13.8 Å². The molecule has 2 amide bonds. The van der Waals surface area contributed by atoms with E-state index in [9.17, 15) is 13.8 Å². The standard InChI is InChI=1S/C13H24N2O3S/c1-6-13(7-2)12(17)15(9(3)8-19(5)18)10(4)11(16)14-13/h9-10H,6-8H2,1-5H3,(H,14,16). The highest BCUT2D eigenvalue weighted by molar-refractivity contribution is 7.84. The zero-order chi connectivity index (χ0) is 14.8. The first-order chi connectivity index (χ1) is 8.79. The van der Waals surface area contributed by atoms with Gasteiger partial charge in [-0.05, 0) is 26.7 Å². The summed E-state index contributed by atoms with van der Waals surface area (Å²) in [6.45, 7) is 7.37. The molecule has 0 saturated carbocycles. The van der Waals surface area contributed by atoms with Crippen LogP contribution in [0.4, 0.5) is 0 Å². The second kappa shape index (κ2) is 6.03. The number of carbonyl (C=O) groups is 2.